The zero-order chi connectivity index (χ0) is 17.0. The molecule has 5 nitrogen and oxygen atoms in total. The number of aromatic nitrogens is 3. The van der Waals surface area contributed by atoms with E-state index < -0.39 is 0 Å². The zero-order valence-electron chi connectivity index (χ0n) is 14.4. The van der Waals surface area contributed by atoms with Crippen molar-refractivity contribution in [2.24, 2.45) is 4.99 Å². The molecule has 0 fully saturated rings. The first-order chi connectivity index (χ1) is 12.2. The second-order valence-corrected chi connectivity index (χ2v) is 6.68. The van der Waals surface area contributed by atoms with Gasteiger partial charge in [0.25, 0.3) is 0 Å². The highest BCUT2D eigenvalue weighted by Gasteiger charge is 2.17. The highest BCUT2D eigenvalue weighted by Crippen LogP contribution is 2.29. The van der Waals surface area contributed by atoms with Crippen molar-refractivity contribution >= 4 is 38.9 Å². The van der Waals surface area contributed by atoms with Crippen molar-refractivity contribution in [1.29, 1.82) is 0 Å². The summed E-state index contributed by atoms with van der Waals surface area (Å²) in [4.78, 5) is 14.5. The maximum Gasteiger partial charge on any atom is 0.160 e. The van der Waals surface area contributed by atoms with E-state index in [2.05, 4.69) is 65.1 Å². The van der Waals surface area contributed by atoms with Gasteiger partial charge in [0.2, 0.25) is 0 Å². The van der Waals surface area contributed by atoms with Crippen molar-refractivity contribution in [3.05, 3.63) is 47.5 Å². The monoisotopic (exact) mass is 329 g/mol. The molecule has 0 spiro atoms. The Morgan fingerprint density at radius 2 is 1.80 bits per heavy atom. The molecule has 1 aliphatic rings. The fourth-order valence-electron chi connectivity index (χ4n) is 3.56. The Kier molecular flexibility index (Phi) is 3.04. The van der Waals surface area contributed by atoms with Crippen LogP contribution in [0.3, 0.4) is 0 Å². The molecule has 2 aromatic carbocycles. The molecular formula is C20H19N5. The van der Waals surface area contributed by atoms with Crippen LogP contribution in [0.25, 0.3) is 33.1 Å². The number of hydrogen-bond donors (Lipinski definition) is 1. The van der Waals surface area contributed by atoms with Crippen LogP contribution >= 0.6 is 0 Å². The molecule has 0 amide bonds. The topological polar surface area (TPSA) is 55.1 Å². The van der Waals surface area contributed by atoms with Crippen LogP contribution in [-0.4, -0.2) is 33.5 Å². The minimum absolute atomic E-state index is 0.703. The maximum atomic E-state index is 4.98. The molecule has 0 saturated carbocycles. The summed E-state index contributed by atoms with van der Waals surface area (Å²) in [5, 5.41) is 4.50. The molecule has 0 unspecified atom stereocenters. The van der Waals surface area contributed by atoms with Gasteiger partial charge >= 0.3 is 0 Å². The summed E-state index contributed by atoms with van der Waals surface area (Å²) in [5.41, 5.74) is 7.42. The zero-order valence-corrected chi connectivity index (χ0v) is 14.4. The first-order valence-corrected chi connectivity index (χ1v) is 8.64. The van der Waals surface area contributed by atoms with Crippen molar-refractivity contribution in [2.45, 2.75) is 20.4 Å². The van der Waals surface area contributed by atoms with Crippen LogP contribution in [0.5, 0.6) is 0 Å². The molecule has 5 heteroatoms. The summed E-state index contributed by atoms with van der Waals surface area (Å²) in [5.74, 6) is 1.02. The van der Waals surface area contributed by atoms with Crippen LogP contribution in [0.1, 0.15) is 11.1 Å². The summed E-state index contributed by atoms with van der Waals surface area (Å²) in [6.45, 7) is 6.70. The smallest absolute Gasteiger partial charge is 0.160 e. The third-order valence-corrected chi connectivity index (χ3v) is 5.02. The van der Waals surface area contributed by atoms with E-state index in [9.17, 15) is 0 Å². The Morgan fingerprint density at radius 3 is 2.56 bits per heavy atom. The van der Waals surface area contributed by atoms with Crippen LogP contribution in [-0.2, 0) is 6.54 Å². The molecular weight excluding hydrogens is 310 g/mol. The number of nitrogens with one attached hydrogen (secondary N) is 1. The van der Waals surface area contributed by atoms with Crippen molar-refractivity contribution in [3.63, 3.8) is 0 Å². The molecule has 1 aliphatic heterocycles. The van der Waals surface area contributed by atoms with Gasteiger partial charge in [0.05, 0.1) is 29.6 Å². The van der Waals surface area contributed by atoms with Crippen molar-refractivity contribution in [1.82, 2.24) is 19.9 Å². The average molecular weight is 329 g/mol. The number of nitrogens with zero attached hydrogens (tertiary/aromatic N) is 4. The van der Waals surface area contributed by atoms with E-state index in [-0.39, 0.29) is 0 Å². The van der Waals surface area contributed by atoms with Gasteiger partial charge in [-0.05, 0) is 43.2 Å². The van der Waals surface area contributed by atoms with Crippen LogP contribution in [0.15, 0.2) is 41.4 Å². The minimum Gasteiger partial charge on any atom is -0.370 e. The summed E-state index contributed by atoms with van der Waals surface area (Å²) in [6.07, 6.45) is 0. The lowest BCUT2D eigenvalue weighted by Gasteiger charge is -2.08. The Hall–Kier alpha value is -2.95. The Morgan fingerprint density at radius 1 is 1.04 bits per heavy atom. The van der Waals surface area contributed by atoms with E-state index in [1.807, 2.05) is 0 Å². The average Bonchev–Trinajstić information content (AvgIpc) is 3.22. The predicted molar refractivity (Wildman–Crippen MR) is 102 cm³/mol. The largest absolute Gasteiger partial charge is 0.370 e. The fourth-order valence-corrected chi connectivity index (χ4v) is 3.56. The summed E-state index contributed by atoms with van der Waals surface area (Å²) in [6, 6.07) is 12.6. The number of fused-ring (bicyclic) bond motifs is 4. The van der Waals surface area contributed by atoms with Gasteiger partial charge < -0.3 is 9.88 Å². The standard InChI is InChI=1S/C20H19N5/c1-12-9-15-16(10-13(12)2)24-20-19(23-15)14-5-3-4-6-17(14)25(20)11-18-21-7-8-22-18/h3-6,9-10H,7-8,11H2,1-2H3,(H,21,22). The first kappa shape index (κ1) is 14.4. The Balaban J connectivity index is 1.85. The number of aryl methyl sites for hydroxylation is 2. The molecule has 25 heavy (non-hydrogen) atoms. The van der Waals surface area contributed by atoms with E-state index >= 15 is 0 Å². The van der Waals surface area contributed by atoms with Gasteiger partial charge in [-0.2, -0.15) is 0 Å². The van der Waals surface area contributed by atoms with Crippen LogP contribution < -0.4 is 5.32 Å². The number of hydrogen-bond acceptors (Lipinski definition) is 4. The third kappa shape index (κ3) is 2.19. The molecule has 0 radical (unpaired) electrons. The van der Waals surface area contributed by atoms with Gasteiger partial charge in [0, 0.05) is 11.9 Å². The first-order valence-electron chi connectivity index (χ1n) is 8.64. The molecule has 3 heterocycles. The minimum atomic E-state index is 0.703. The fraction of sp³-hybridized carbons (Fsp3) is 0.250. The van der Waals surface area contributed by atoms with Crippen molar-refractivity contribution < 1.29 is 0 Å². The van der Waals surface area contributed by atoms with Crippen molar-refractivity contribution in [2.75, 3.05) is 13.1 Å². The van der Waals surface area contributed by atoms with E-state index in [0.717, 1.165) is 52.0 Å². The molecule has 5 rings (SSSR count). The highest BCUT2D eigenvalue weighted by atomic mass is 15.1. The number of aliphatic imine (C=N–C) groups is 1. The molecule has 1 N–H and O–H groups in total. The molecule has 4 aromatic rings. The SMILES string of the molecule is Cc1cc2nc3c4ccccc4n(CC4=NCCN4)c3nc2cc1C. The molecule has 2 aromatic heterocycles. The molecule has 0 bridgehead atoms. The second-order valence-electron chi connectivity index (χ2n) is 6.68. The van der Waals surface area contributed by atoms with Gasteiger partial charge in [0.15, 0.2) is 5.65 Å². The normalized spacial score (nSPS) is 14.4. The predicted octanol–water partition coefficient (Wildman–Crippen LogP) is 3.36. The lowest BCUT2D eigenvalue weighted by atomic mass is 10.1. The van der Waals surface area contributed by atoms with Gasteiger partial charge in [-0.1, -0.05) is 18.2 Å². The highest BCUT2D eigenvalue weighted by molar-refractivity contribution is 6.07. The summed E-state index contributed by atoms with van der Waals surface area (Å²) in [7, 11) is 0. The molecule has 0 aliphatic carbocycles. The number of amidine groups is 1. The van der Waals surface area contributed by atoms with Gasteiger partial charge in [0.1, 0.15) is 11.4 Å². The second kappa shape index (κ2) is 5.28. The molecule has 124 valence electrons. The van der Waals surface area contributed by atoms with Gasteiger partial charge in [-0.3, -0.25) is 4.99 Å². The third-order valence-electron chi connectivity index (χ3n) is 5.02. The van der Waals surface area contributed by atoms with Crippen LogP contribution in [0, 0.1) is 13.8 Å². The Labute approximate surface area is 145 Å². The number of rotatable bonds is 2. The van der Waals surface area contributed by atoms with E-state index in [0.29, 0.717) is 6.54 Å². The van der Waals surface area contributed by atoms with Gasteiger partial charge in [-0.15, -0.1) is 0 Å². The van der Waals surface area contributed by atoms with Crippen LogP contribution in [0.2, 0.25) is 0 Å². The molecule has 0 atom stereocenters. The lowest BCUT2D eigenvalue weighted by molar-refractivity contribution is 0.879. The van der Waals surface area contributed by atoms with E-state index in [1.54, 1.807) is 0 Å². The van der Waals surface area contributed by atoms with E-state index in [1.165, 1.54) is 11.1 Å². The quantitative estimate of drug-likeness (QED) is 0.613. The Bertz CT molecular complexity index is 1170. The molecule has 0 saturated heterocycles. The number of para-hydroxylation sites is 1. The summed E-state index contributed by atoms with van der Waals surface area (Å²) >= 11 is 0. The maximum absolute atomic E-state index is 4.98. The van der Waals surface area contributed by atoms with E-state index in [4.69, 9.17) is 9.97 Å². The van der Waals surface area contributed by atoms with Crippen molar-refractivity contribution in [3.8, 4) is 0 Å². The summed E-state index contributed by atoms with van der Waals surface area (Å²) < 4.78 is 2.23. The van der Waals surface area contributed by atoms with Crippen LogP contribution in [0.4, 0.5) is 0 Å². The number of benzene rings is 2. The van der Waals surface area contributed by atoms with Gasteiger partial charge in [-0.25, -0.2) is 9.97 Å². The lowest BCUT2D eigenvalue weighted by Crippen LogP contribution is -2.23.